The van der Waals surface area contributed by atoms with Crippen LogP contribution in [0.4, 0.5) is 5.69 Å². The van der Waals surface area contributed by atoms with Crippen molar-refractivity contribution in [2.45, 2.75) is 45.6 Å². The minimum absolute atomic E-state index is 0.463. The second kappa shape index (κ2) is 11.6. The maximum atomic E-state index is 11.1. The summed E-state index contributed by atoms with van der Waals surface area (Å²) in [6, 6.07) is 14.7. The van der Waals surface area contributed by atoms with Gasteiger partial charge >= 0.3 is 5.97 Å². The SMILES string of the molecule is CCCCOCCOc1ccc(-c2ccc(N3CCCC3C)c(/C=C/C(=O)O)c2)cc1. The molecule has 166 valence electrons. The highest BCUT2D eigenvalue weighted by Crippen LogP contribution is 2.33. The fourth-order valence-corrected chi connectivity index (χ4v) is 3.89. The molecule has 0 aromatic heterocycles. The third-order valence-electron chi connectivity index (χ3n) is 5.62. The average Bonchev–Trinajstić information content (AvgIpc) is 3.20. The Morgan fingerprint density at radius 2 is 1.90 bits per heavy atom. The minimum Gasteiger partial charge on any atom is -0.491 e. The Bertz CT molecular complexity index is 875. The van der Waals surface area contributed by atoms with Crippen LogP contribution in [0.15, 0.2) is 48.5 Å². The van der Waals surface area contributed by atoms with Crippen LogP contribution in [0.1, 0.15) is 45.1 Å². The normalized spacial score (nSPS) is 16.2. The van der Waals surface area contributed by atoms with Crippen molar-refractivity contribution in [3.05, 3.63) is 54.1 Å². The first kappa shape index (κ1) is 22.9. The van der Waals surface area contributed by atoms with Gasteiger partial charge in [0.1, 0.15) is 12.4 Å². The third kappa shape index (κ3) is 6.59. The second-order valence-electron chi connectivity index (χ2n) is 7.97. The molecule has 2 aromatic carbocycles. The molecule has 1 saturated heterocycles. The van der Waals surface area contributed by atoms with E-state index in [-0.39, 0.29) is 0 Å². The van der Waals surface area contributed by atoms with Gasteiger partial charge in [-0.25, -0.2) is 4.79 Å². The van der Waals surface area contributed by atoms with Gasteiger partial charge in [0.15, 0.2) is 0 Å². The van der Waals surface area contributed by atoms with Gasteiger partial charge in [-0.3, -0.25) is 0 Å². The molecule has 5 nitrogen and oxygen atoms in total. The van der Waals surface area contributed by atoms with Crippen LogP contribution in [0.25, 0.3) is 17.2 Å². The van der Waals surface area contributed by atoms with E-state index in [1.54, 1.807) is 6.08 Å². The molecule has 1 aliphatic rings. The summed E-state index contributed by atoms with van der Waals surface area (Å²) in [5.74, 6) is -0.123. The van der Waals surface area contributed by atoms with Crippen LogP contribution in [-0.4, -0.2) is 43.5 Å². The molecule has 0 saturated carbocycles. The molecule has 0 spiro atoms. The van der Waals surface area contributed by atoms with Gasteiger partial charge in [0, 0.05) is 31.0 Å². The lowest BCUT2D eigenvalue weighted by Crippen LogP contribution is -2.26. The van der Waals surface area contributed by atoms with E-state index in [0.717, 1.165) is 67.0 Å². The summed E-state index contributed by atoms with van der Waals surface area (Å²) in [5, 5.41) is 9.11. The van der Waals surface area contributed by atoms with Gasteiger partial charge in [0.05, 0.1) is 6.61 Å². The smallest absolute Gasteiger partial charge is 0.328 e. The first-order valence-corrected chi connectivity index (χ1v) is 11.2. The molecule has 0 aliphatic carbocycles. The number of rotatable bonds is 11. The summed E-state index contributed by atoms with van der Waals surface area (Å²) in [7, 11) is 0. The zero-order valence-electron chi connectivity index (χ0n) is 18.5. The van der Waals surface area contributed by atoms with E-state index in [0.29, 0.717) is 19.3 Å². The molecule has 0 radical (unpaired) electrons. The molecule has 1 fully saturated rings. The standard InChI is InChI=1S/C26H33NO4/c1-3-4-16-30-17-18-31-24-11-7-21(8-12-24)22-9-13-25(27-15-5-6-20(27)2)23(19-22)10-14-26(28)29/h7-14,19-20H,3-6,15-18H2,1-2H3,(H,28,29)/b14-10+. The predicted octanol–water partition coefficient (Wildman–Crippen LogP) is 5.64. The first-order chi connectivity index (χ1) is 15.1. The molecule has 0 bridgehead atoms. The molecule has 0 amide bonds. The van der Waals surface area contributed by atoms with Crippen molar-refractivity contribution in [3.8, 4) is 16.9 Å². The van der Waals surface area contributed by atoms with E-state index in [1.165, 1.54) is 6.08 Å². The van der Waals surface area contributed by atoms with Crippen molar-refractivity contribution in [2.24, 2.45) is 0 Å². The van der Waals surface area contributed by atoms with E-state index < -0.39 is 5.97 Å². The molecule has 1 aliphatic heterocycles. The summed E-state index contributed by atoms with van der Waals surface area (Å²) in [5.41, 5.74) is 4.14. The van der Waals surface area contributed by atoms with Crippen LogP contribution in [-0.2, 0) is 9.53 Å². The number of carboxylic acid groups (broad SMARTS) is 1. The van der Waals surface area contributed by atoms with Gasteiger partial charge in [-0.1, -0.05) is 31.5 Å². The molecule has 3 rings (SSSR count). The third-order valence-corrected chi connectivity index (χ3v) is 5.62. The summed E-state index contributed by atoms with van der Waals surface area (Å²) in [4.78, 5) is 13.5. The van der Waals surface area contributed by atoms with E-state index in [2.05, 4.69) is 36.9 Å². The highest BCUT2D eigenvalue weighted by atomic mass is 16.5. The molecule has 1 N–H and O–H groups in total. The van der Waals surface area contributed by atoms with Crippen LogP contribution in [0, 0.1) is 0 Å². The van der Waals surface area contributed by atoms with Gasteiger partial charge in [0.2, 0.25) is 0 Å². The van der Waals surface area contributed by atoms with Gasteiger partial charge < -0.3 is 19.5 Å². The number of benzene rings is 2. The molecular formula is C26H33NO4. The second-order valence-corrected chi connectivity index (χ2v) is 7.97. The summed E-state index contributed by atoms with van der Waals surface area (Å²) >= 11 is 0. The fourth-order valence-electron chi connectivity index (χ4n) is 3.89. The number of aliphatic carboxylic acids is 1. The van der Waals surface area contributed by atoms with Crippen molar-refractivity contribution in [1.29, 1.82) is 0 Å². The lowest BCUT2D eigenvalue weighted by molar-refractivity contribution is -0.131. The predicted molar refractivity (Wildman–Crippen MR) is 126 cm³/mol. The summed E-state index contributed by atoms with van der Waals surface area (Å²) in [6.07, 6.45) is 7.44. The van der Waals surface area contributed by atoms with Gasteiger partial charge in [0.25, 0.3) is 0 Å². The Labute approximate surface area is 185 Å². The first-order valence-electron chi connectivity index (χ1n) is 11.2. The number of carbonyl (C=O) groups is 1. The van der Waals surface area contributed by atoms with Crippen molar-refractivity contribution in [3.63, 3.8) is 0 Å². The number of hydrogen-bond acceptors (Lipinski definition) is 4. The largest absolute Gasteiger partial charge is 0.491 e. The Morgan fingerprint density at radius 3 is 2.58 bits per heavy atom. The molecule has 31 heavy (non-hydrogen) atoms. The number of ether oxygens (including phenoxy) is 2. The Morgan fingerprint density at radius 1 is 1.13 bits per heavy atom. The van der Waals surface area contributed by atoms with Gasteiger partial charge in [-0.2, -0.15) is 0 Å². The van der Waals surface area contributed by atoms with Crippen molar-refractivity contribution in [2.75, 3.05) is 31.3 Å². The average molecular weight is 424 g/mol. The lowest BCUT2D eigenvalue weighted by atomic mass is 10.0. The highest BCUT2D eigenvalue weighted by molar-refractivity contribution is 5.88. The van der Waals surface area contributed by atoms with Crippen LogP contribution in [0.2, 0.25) is 0 Å². The molecule has 5 heteroatoms. The van der Waals surface area contributed by atoms with E-state index in [1.807, 2.05) is 24.3 Å². The van der Waals surface area contributed by atoms with Crippen LogP contribution < -0.4 is 9.64 Å². The molecule has 1 heterocycles. The number of nitrogens with zero attached hydrogens (tertiary/aromatic N) is 1. The molecular weight excluding hydrogens is 390 g/mol. The minimum atomic E-state index is -0.939. The van der Waals surface area contributed by atoms with E-state index in [4.69, 9.17) is 14.6 Å². The molecule has 1 unspecified atom stereocenters. The van der Waals surface area contributed by atoms with Crippen LogP contribution in [0.3, 0.4) is 0 Å². The summed E-state index contributed by atoms with van der Waals surface area (Å²) in [6.45, 7) is 7.28. The fraction of sp³-hybridized carbons (Fsp3) is 0.423. The Balaban J connectivity index is 1.71. The summed E-state index contributed by atoms with van der Waals surface area (Å²) < 4.78 is 11.3. The van der Waals surface area contributed by atoms with Crippen molar-refractivity contribution >= 4 is 17.7 Å². The number of hydrogen-bond donors (Lipinski definition) is 1. The zero-order valence-corrected chi connectivity index (χ0v) is 18.5. The molecule has 2 aromatic rings. The van der Waals surface area contributed by atoms with E-state index in [9.17, 15) is 4.79 Å². The van der Waals surface area contributed by atoms with Crippen molar-refractivity contribution < 1.29 is 19.4 Å². The van der Waals surface area contributed by atoms with Crippen LogP contribution >= 0.6 is 0 Å². The quantitative estimate of drug-likeness (QED) is 0.375. The highest BCUT2D eigenvalue weighted by Gasteiger charge is 2.22. The van der Waals surface area contributed by atoms with Gasteiger partial charge in [-0.15, -0.1) is 0 Å². The lowest BCUT2D eigenvalue weighted by Gasteiger charge is -2.26. The number of carboxylic acids is 1. The maximum absolute atomic E-state index is 11.1. The maximum Gasteiger partial charge on any atom is 0.328 e. The monoisotopic (exact) mass is 423 g/mol. The number of anilines is 1. The Hall–Kier alpha value is -2.79. The van der Waals surface area contributed by atoms with Gasteiger partial charge in [-0.05, 0) is 73.2 Å². The zero-order chi connectivity index (χ0) is 22.1. The number of unbranched alkanes of at least 4 members (excludes halogenated alkanes) is 1. The van der Waals surface area contributed by atoms with Crippen molar-refractivity contribution in [1.82, 2.24) is 0 Å². The Kier molecular flexibility index (Phi) is 8.53. The van der Waals surface area contributed by atoms with E-state index >= 15 is 0 Å². The van der Waals surface area contributed by atoms with Crippen LogP contribution in [0.5, 0.6) is 5.75 Å². The molecule has 1 atom stereocenters. The topological polar surface area (TPSA) is 59.0 Å².